The van der Waals surface area contributed by atoms with Crippen molar-refractivity contribution in [3.8, 4) is 0 Å². The van der Waals surface area contributed by atoms with Crippen molar-refractivity contribution in [2.45, 2.75) is 40.5 Å². The Morgan fingerprint density at radius 3 is 2.15 bits per heavy atom. The van der Waals surface area contributed by atoms with Gasteiger partial charge in [-0.05, 0) is 31.2 Å². The van der Waals surface area contributed by atoms with Crippen LogP contribution in [0, 0.1) is 11.8 Å². The molecule has 0 radical (unpaired) electrons. The van der Waals surface area contributed by atoms with Crippen LogP contribution in [0.5, 0.6) is 0 Å². The van der Waals surface area contributed by atoms with Crippen molar-refractivity contribution < 1.29 is 0 Å². The molecular weight excluding hydrogens is 158 g/mol. The summed E-state index contributed by atoms with van der Waals surface area (Å²) in [5.74, 6) is 1.43. The summed E-state index contributed by atoms with van der Waals surface area (Å²) < 4.78 is 0. The van der Waals surface area contributed by atoms with Gasteiger partial charge >= 0.3 is 0 Å². The first-order valence-corrected chi connectivity index (χ1v) is 5.55. The van der Waals surface area contributed by atoms with Gasteiger partial charge in [0.2, 0.25) is 0 Å². The predicted molar refractivity (Wildman–Crippen MR) is 58.8 cm³/mol. The van der Waals surface area contributed by atoms with Gasteiger partial charge in [0.25, 0.3) is 0 Å². The molecule has 0 saturated carbocycles. The van der Waals surface area contributed by atoms with E-state index in [0.717, 1.165) is 18.4 Å². The van der Waals surface area contributed by atoms with Gasteiger partial charge in [-0.15, -0.1) is 0 Å². The lowest BCUT2D eigenvalue weighted by Crippen LogP contribution is -2.26. The molecule has 0 aromatic carbocycles. The summed E-state index contributed by atoms with van der Waals surface area (Å²) in [6.45, 7) is 11.6. The van der Waals surface area contributed by atoms with Crippen LogP contribution in [0.1, 0.15) is 40.5 Å². The molecule has 1 saturated heterocycles. The number of allylic oxidation sites excluding steroid dienone is 1. The molecular formula is C12H23N. The smallest absolute Gasteiger partial charge is 0.0167 e. The van der Waals surface area contributed by atoms with Crippen LogP contribution < -0.4 is 5.32 Å². The van der Waals surface area contributed by atoms with Crippen LogP contribution in [-0.2, 0) is 0 Å². The minimum Gasteiger partial charge on any atom is -0.313 e. The summed E-state index contributed by atoms with van der Waals surface area (Å²) in [6.07, 6.45) is 2.64. The third-order valence-electron chi connectivity index (χ3n) is 2.82. The van der Waals surface area contributed by atoms with E-state index in [9.17, 15) is 0 Å². The fourth-order valence-electron chi connectivity index (χ4n) is 2.48. The van der Waals surface area contributed by atoms with Gasteiger partial charge in [-0.3, -0.25) is 0 Å². The Hall–Kier alpha value is -0.300. The Morgan fingerprint density at radius 2 is 1.77 bits per heavy atom. The zero-order valence-corrected chi connectivity index (χ0v) is 9.48. The van der Waals surface area contributed by atoms with E-state index < -0.39 is 0 Å². The summed E-state index contributed by atoms with van der Waals surface area (Å²) in [5, 5.41) is 3.47. The SMILES string of the molecule is CC(C)C(=C1CCCNC1)C(C)C. The highest BCUT2D eigenvalue weighted by molar-refractivity contribution is 5.20. The quantitative estimate of drug-likeness (QED) is 0.646. The van der Waals surface area contributed by atoms with Gasteiger partial charge in [0.1, 0.15) is 0 Å². The highest BCUT2D eigenvalue weighted by Crippen LogP contribution is 2.26. The van der Waals surface area contributed by atoms with Gasteiger partial charge in [-0.25, -0.2) is 0 Å². The molecule has 0 aromatic rings. The zero-order valence-electron chi connectivity index (χ0n) is 9.48. The summed E-state index contributed by atoms with van der Waals surface area (Å²) in [6, 6.07) is 0. The average molecular weight is 181 g/mol. The second kappa shape index (κ2) is 4.80. The minimum absolute atomic E-state index is 0.717. The number of rotatable bonds is 2. The maximum Gasteiger partial charge on any atom is 0.0167 e. The fraction of sp³-hybridized carbons (Fsp3) is 0.833. The van der Waals surface area contributed by atoms with Crippen molar-refractivity contribution in [3.63, 3.8) is 0 Å². The van der Waals surface area contributed by atoms with Crippen LogP contribution in [0.4, 0.5) is 0 Å². The highest BCUT2D eigenvalue weighted by atomic mass is 14.9. The van der Waals surface area contributed by atoms with Crippen LogP contribution in [-0.4, -0.2) is 13.1 Å². The van der Waals surface area contributed by atoms with Crippen LogP contribution in [0.15, 0.2) is 11.1 Å². The molecule has 0 atom stereocenters. The molecule has 1 aliphatic rings. The van der Waals surface area contributed by atoms with Crippen LogP contribution >= 0.6 is 0 Å². The number of hydrogen-bond acceptors (Lipinski definition) is 1. The Morgan fingerprint density at radius 1 is 1.15 bits per heavy atom. The molecule has 0 unspecified atom stereocenters. The average Bonchev–Trinajstić information content (AvgIpc) is 2.04. The lowest BCUT2D eigenvalue weighted by molar-refractivity contribution is 0.552. The first-order chi connectivity index (χ1) is 6.13. The highest BCUT2D eigenvalue weighted by Gasteiger charge is 2.15. The van der Waals surface area contributed by atoms with Crippen molar-refractivity contribution >= 4 is 0 Å². The van der Waals surface area contributed by atoms with Crippen molar-refractivity contribution in [3.05, 3.63) is 11.1 Å². The maximum atomic E-state index is 3.47. The van der Waals surface area contributed by atoms with Crippen molar-refractivity contribution in [1.29, 1.82) is 0 Å². The topological polar surface area (TPSA) is 12.0 Å². The summed E-state index contributed by atoms with van der Waals surface area (Å²) in [4.78, 5) is 0. The molecule has 1 N–H and O–H groups in total. The molecule has 0 aromatic heterocycles. The number of nitrogens with one attached hydrogen (secondary N) is 1. The Labute approximate surface area is 82.6 Å². The molecule has 0 bridgehead atoms. The monoisotopic (exact) mass is 181 g/mol. The molecule has 1 rings (SSSR count). The standard InChI is InChI=1S/C12H23N/c1-9(2)12(10(3)4)11-6-5-7-13-8-11/h9-10,13H,5-8H2,1-4H3. The van der Waals surface area contributed by atoms with Crippen molar-refractivity contribution in [2.24, 2.45) is 11.8 Å². The van der Waals surface area contributed by atoms with Gasteiger partial charge < -0.3 is 5.32 Å². The third kappa shape index (κ3) is 2.84. The Bertz CT molecular complexity index is 171. The summed E-state index contributed by atoms with van der Waals surface area (Å²) >= 11 is 0. The molecule has 0 amide bonds. The second-order valence-corrected chi connectivity index (χ2v) is 4.65. The number of hydrogen-bond donors (Lipinski definition) is 1. The zero-order chi connectivity index (χ0) is 9.84. The largest absolute Gasteiger partial charge is 0.313 e. The molecule has 0 aliphatic carbocycles. The van der Waals surface area contributed by atoms with Gasteiger partial charge in [0.05, 0.1) is 0 Å². The van der Waals surface area contributed by atoms with Crippen molar-refractivity contribution in [1.82, 2.24) is 5.32 Å². The molecule has 0 spiro atoms. The lowest BCUT2D eigenvalue weighted by Gasteiger charge is -2.25. The molecule has 1 heterocycles. The minimum atomic E-state index is 0.717. The third-order valence-corrected chi connectivity index (χ3v) is 2.82. The van der Waals surface area contributed by atoms with Crippen LogP contribution in [0.2, 0.25) is 0 Å². The molecule has 1 fully saturated rings. The van der Waals surface area contributed by atoms with Gasteiger partial charge in [0, 0.05) is 6.54 Å². The Balaban J connectivity index is 2.80. The van der Waals surface area contributed by atoms with E-state index >= 15 is 0 Å². The van der Waals surface area contributed by atoms with Crippen LogP contribution in [0.3, 0.4) is 0 Å². The van der Waals surface area contributed by atoms with Crippen LogP contribution in [0.25, 0.3) is 0 Å². The number of piperidine rings is 1. The van der Waals surface area contributed by atoms with E-state index in [1.807, 2.05) is 0 Å². The molecule has 1 nitrogen and oxygen atoms in total. The van der Waals surface area contributed by atoms with E-state index in [0.29, 0.717) is 0 Å². The summed E-state index contributed by atoms with van der Waals surface area (Å²) in [7, 11) is 0. The van der Waals surface area contributed by atoms with E-state index in [2.05, 4.69) is 33.0 Å². The molecule has 13 heavy (non-hydrogen) atoms. The molecule has 76 valence electrons. The van der Waals surface area contributed by atoms with Gasteiger partial charge in [0.15, 0.2) is 0 Å². The van der Waals surface area contributed by atoms with E-state index in [1.165, 1.54) is 19.4 Å². The molecule has 1 aliphatic heterocycles. The normalized spacial score (nSPS) is 18.5. The fourth-order valence-corrected chi connectivity index (χ4v) is 2.48. The van der Waals surface area contributed by atoms with E-state index in [4.69, 9.17) is 0 Å². The first kappa shape index (κ1) is 10.8. The van der Waals surface area contributed by atoms with E-state index in [-0.39, 0.29) is 0 Å². The lowest BCUT2D eigenvalue weighted by atomic mass is 9.85. The van der Waals surface area contributed by atoms with Crippen molar-refractivity contribution in [2.75, 3.05) is 13.1 Å². The first-order valence-electron chi connectivity index (χ1n) is 5.55. The summed E-state index contributed by atoms with van der Waals surface area (Å²) in [5.41, 5.74) is 3.36. The second-order valence-electron chi connectivity index (χ2n) is 4.65. The predicted octanol–water partition coefficient (Wildman–Crippen LogP) is 2.98. The van der Waals surface area contributed by atoms with Gasteiger partial charge in [-0.1, -0.05) is 38.8 Å². The van der Waals surface area contributed by atoms with E-state index in [1.54, 1.807) is 11.1 Å². The molecule has 1 heteroatoms. The van der Waals surface area contributed by atoms with Gasteiger partial charge in [-0.2, -0.15) is 0 Å². The Kier molecular flexibility index (Phi) is 3.98. The maximum absolute atomic E-state index is 3.47.